The van der Waals surface area contributed by atoms with Crippen molar-refractivity contribution in [3.63, 3.8) is 0 Å². The van der Waals surface area contributed by atoms with E-state index in [0.29, 0.717) is 19.5 Å². The van der Waals surface area contributed by atoms with E-state index >= 15 is 0 Å². The molecule has 0 bridgehead atoms. The van der Waals surface area contributed by atoms with Crippen molar-refractivity contribution in [2.45, 2.75) is 25.9 Å². The van der Waals surface area contributed by atoms with Crippen molar-refractivity contribution in [1.82, 2.24) is 10.2 Å². The van der Waals surface area contributed by atoms with E-state index in [0.717, 1.165) is 29.8 Å². The molecule has 0 atom stereocenters. The van der Waals surface area contributed by atoms with Gasteiger partial charge in [0.25, 0.3) is 0 Å². The summed E-state index contributed by atoms with van der Waals surface area (Å²) in [6.07, 6.45) is 1.25. The van der Waals surface area contributed by atoms with Crippen LogP contribution in [0, 0.1) is 5.82 Å². The molecule has 0 unspecified atom stereocenters. The van der Waals surface area contributed by atoms with Gasteiger partial charge in [0.05, 0.1) is 7.11 Å². The third kappa shape index (κ3) is 6.19. The monoisotopic (exact) mass is 344 g/mol. The molecular weight excluding hydrogens is 319 g/mol. The molecule has 2 rings (SSSR count). The molecule has 0 aromatic heterocycles. The Hall–Kier alpha value is -2.40. The first-order valence-corrected chi connectivity index (χ1v) is 8.41. The molecule has 1 amide bonds. The van der Waals surface area contributed by atoms with Crippen LogP contribution in [0.2, 0.25) is 0 Å². The second kappa shape index (κ2) is 9.79. The van der Waals surface area contributed by atoms with Gasteiger partial charge in [0.2, 0.25) is 5.91 Å². The Balaban J connectivity index is 1.68. The maximum absolute atomic E-state index is 12.8. The van der Waals surface area contributed by atoms with Crippen molar-refractivity contribution in [2.75, 3.05) is 20.7 Å². The second-order valence-electron chi connectivity index (χ2n) is 5.97. The molecule has 0 fully saturated rings. The summed E-state index contributed by atoms with van der Waals surface area (Å²) < 4.78 is 18.1. The number of methoxy groups -OCH3 is 1. The molecule has 5 heteroatoms. The number of nitrogens with zero attached hydrogens (tertiary/aromatic N) is 1. The zero-order chi connectivity index (χ0) is 18.1. The molecule has 0 saturated carbocycles. The van der Waals surface area contributed by atoms with Crippen LogP contribution in [0.1, 0.15) is 24.0 Å². The van der Waals surface area contributed by atoms with E-state index in [1.165, 1.54) is 12.1 Å². The number of hydrogen-bond donors (Lipinski definition) is 1. The molecule has 2 aromatic carbocycles. The minimum atomic E-state index is -0.229. The molecule has 134 valence electrons. The summed E-state index contributed by atoms with van der Waals surface area (Å²) in [5.74, 6) is 0.671. The Kier molecular flexibility index (Phi) is 7.41. The zero-order valence-electron chi connectivity index (χ0n) is 14.8. The van der Waals surface area contributed by atoms with Gasteiger partial charge in [0, 0.05) is 32.1 Å². The largest absolute Gasteiger partial charge is 0.496 e. The number of para-hydroxylation sites is 1. The summed E-state index contributed by atoms with van der Waals surface area (Å²) in [7, 11) is 3.44. The van der Waals surface area contributed by atoms with Crippen molar-refractivity contribution in [2.24, 2.45) is 0 Å². The van der Waals surface area contributed by atoms with Crippen molar-refractivity contribution in [1.29, 1.82) is 0 Å². The molecule has 0 aliphatic rings. The van der Waals surface area contributed by atoms with Gasteiger partial charge < -0.3 is 15.0 Å². The highest BCUT2D eigenvalue weighted by atomic mass is 19.1. The third-order valence-electron chi connectivity index (χ3n) is 4.01. The number of nitrogens with one attached hydrogen (secondary N) is 1. The first kappa shape index (κ1) is 18.9. The molecule has 0 saturated heterocycles. The maximum Gasteiger partial charge on any atom is 0.222 e. The van der Waals surface area contributed by atoms with E-state index in [4.69, 9.17) is 4.74 Å². The SMILES string of the molecule is COc1ccccc1CN(C)C(=O)CCCNCc1ccc(F)cc1. The fraction of sp³-hybridized carbons (Fsp3) is 0.350. The van der Waals surface area contributed by atoms with Crippen LogP contribution in [0.4, 0.5) is 4.39 Å². The van der Waals surface area contributed by atoms with E-state index < -0.39 is 0 Å². The lowest BCUT2D eigenvalue weighted by Gasteiger charge is -2.19. The van der Waals surface area contributed by atoms with E-state index in [1.54, 1.807) is 31.2 Å². The lowest BCUT2D eigenvalue weighted by atomic mass is 10.2. The average Bonchev–Trinajstić information content (AvgIpc) is 2.63. The van der Waals surface area contributed by atoms with E-state index in [-0.39, 0.29) is 11.7 Å². The molecule has 0 aliphatic heterocycles. The predicted octanol–water partition coefficient (Wildman–Crippen LogP) is 3.36. The van der Waals surface area contributed by atoms with Crippen molar-refractivity contribution < 1.29 is 13.9 Å². The highest BCUT2D eigenvalue weighted by Gasteiger charge is 2.11. The number of halogens is 1. The maximum atomic E-state index is 12.8. The zero-order valence-corrected chi connectivity index (χ0v) is 14.8. The Morgan fingerprint density at radius 2 is 1.88 bits per heavy atom. The van der Waals surface area contributed by atoms with Crippen LogP contribution >= 0.6 is 0 Å². The van der Waals surface area contributed by atoms with Crippen LogP contribution in [0.3, 0.4) is 0 Å². The van der Waals surface area contributed by atoms with Crippen LogP contribution in [0.5, 0.6) is 5.75 Å². The standard InChI is InChI=1S/C20H25FN2O2/c1-23(15-17-6-3-4-7-19(17)25-2)20(24)8-5-13-22-14-16-9-11-18(21)12-10-16/h3-4,6-7,9-12,22H,5,8,13-15H2,1-2H3. The highest BCUT2D eigenvalue weighted by Crippen LogP contribution is 2.19. The van der Waals surface area contributed by atoms with Gasteiger partial charge in [0.1, 0.15) is 11.6 Å². The highest BCUT2D eigenvalue weighted by molar-refractivity contribution is 5.75. The number of hydrogen-bond acceptors (Lipinski definition) is 3. The minimum Gasteiger partial charge on any atom is -0.496 e. The Morgan fingerprint density at radius 1 is 1.16 bits per heavy atom. The van der Waals surface area contributed by atoms with Gasteiger partial charge in [-0.15, -0.1) is 0 Å². The summed E-state index contributed by atoms with van der Waals surface area (Å²) >= 11 is 0. The van der Waals surface area contributed by atoms with Gasteiger partial charge in [-0.25, -0.2) is 4.39 Å². The number of ether oxygens (including phenoxy) is 1. The van der Waals surface area contributed by atoms with E-state index in [1.807, 2.05) is 24.3 Å². The average molecular weight is 344 g/mol. The van der Waals surface area contributed by atoms with Crippen LogP contribution in [0.15, 0.2) is 48.5 Å². The minimum absolute atomic E-state index is 0.106. The second-order valence-corrected chi connectivity index (χ2v) is 5.97. The van der Waals surface area contributed by atoms with Gasteiger partial charge in [0.15, 0.2) is 0 Å². The van der Waals surface area contributed by atoms with E-state index in [9.17, 15) is 9.18 Å². The summed E-state index contributed by atoms with van der Waals surface area (Å²) in [5, 5.41) is 3.27. The molecule has 0 radical (unpaired) electrons. The molecule has 2 aromatic rings. The molecule has 1 N–H and O–H groups in total. The Labute approximate surface area is 148 Å². The summed E-state index contributed by atoms with van der Waals surface area (Å²) in [4.78, 5) is 14.0. The van der Waals surface area contributed by atoms with Crippen LogP contribution in [-0.2, 0) is 17.9 Å². The quantitative estimate of drug-likeness (QED) is 0.709. The van der Waals surface area contributed by atoms with Crippen LogP contribution < -0.4 is 10.1 Å². The third-order valence-corrected chi connectivity index (χ3v) is 4.01. The number of carbonyl (C=O) groups excluding carboxylic acids is 1. The van der Waals surface area contributed by atoms with Crippen molar-refractivity contribution >= 4 is 5.91 Å². The number of benzene rings is 2. The molecule has 25 heavy (non-hydrogen) atoms. The fourth-order valence-electron chi connectivity index (χ4n) is 2.57. The molecule has 0 aliphatic carbocycles. The summed E-state index contributed by atoms with van der Waals surface area (Å²) in [5.41, 5.74) is 2.02. The lowest BCUT2D eigenvalue weighted by Crippen LogP contribution is -2.27. The number of amides is 1. The summed E-state index contributed by atoms with van der Waals surface area (Å²) in [6, 6.07) is 14.1. The van der Waals surface area contributed by atoms with Gasteiger partial charge in [-0.3, -0.25) is 4.79 Å². The van der Waals surface area contributed by atoms with Gasteiger partial charge >= 0.3 is 0 Å². The van der Waals surface area contributed by atoms with Gasteiger partial charge in [-0.05, 0) is 36.7 Å². The summed E-state index contributed by atoms with van der Waals surface area (Å²) in [6.45, 7) is 1.95. The molecule has 4 nitrogen and oxygen atoms in total. The van der Waals surface area contributed by atoms with Gasteiger partial charge in [-0.2, -0.15) is 0 Å². The molecule has 0 spiro atoms. The smallest absolute Gasteiger partial charge is 0.222 e. The normalized spacial score (nSPS) is 10.5. The Morgan fingerprint density at radius 3 is 2.60 bits per heavy atom. The molecule has 0 heterocycles. The first-order chi connectivity index (χ1) is 12.1. The fourth-order valence-corrected chi connectivity index (χ4v) is 2.57. The van der Waals surface area contributed by atoms with Crippen molar-refractivity contribution in [3.05, 3.63) is 65.5 Å². The van der Waals surface area contributed by atoms with Crippen LogP contribution in [-0.4, -0.2) is 31.5 Å². The van der Waals surface area contributed by atoms with E-state index in [2.05, 4.69) is 5.32 Å². The predicted molar refractivity (Wildman–Crippen MR) is 96.8 cm³/mol. The lowest BCUT2D eigenvalue weighted by molar-refractivity contribution is -0.130. The van der Waals surface area contributed by atoms with Crippen LogP contribution in [0.25, 0.3) is 0 Å². The Bertz CT molecular complexity index is 674. The topological polar surface area (TPSA) is 41.6 Å². The molecular formula is C20H25FN2O2. The number of rotatable bonds is 9. The first-order valence-electron chi connectivity index (χ1n) is 8.41. The van der Waals surface area contributed by atoms with Gasteiger partial charge in [-0.1, -0.05) is 30.3 Å². The number of carbonyl (C=O) groups is 1. The van der Waals surface area contributed by atoms with Crippen molar-refractivity contribution in [3.8, 4) is 5.75 Å².